The van der Waals surface area contributed by atoms with Crippen molar-refractivity contribution in [2.24, 2.45) is 0 Å². The molecule has 0 atom stereocenters. The number of aromatic nitrogens is 1. The van der Waals surface area contributed by atoms with Crippen LogP contribution in [0.1, 0.15) is 10.5 Å². The Morgan fingerprint density at radius 2 is 1.72 bits per heavy atom. The van der Waals surface area contributed by atoms with Crippen LogP contribution in [0.4, 0.5) is 13.2 Å². The maximum absolute atomic E-state index is 13.1. The lowest BCUT2D eigenvalue weighted by atomic mass is 10.2. The first-order chi connectivity index (χ1) is 8.40. The maximum Gasteiger partial charge on any atom is 0.352 e. The Morgan fingerprint density at radius 3 is 2.22 bits per heavy atom. The van der Waals surface area contributed by atoms with Gasteiger partial charge >= 0.3 is 5.97 Å². The van der Waals surface area contributed by atoms with Crippen molar-refractivity contribution in [1.82, 2.24) is 4.57 Å². The van der Waals surface area contributed by atoms with Gasteiger partial charge in [0.25, 0.3) is 0 Å². The Hall–Kier alpha value is -1.51. The highest BCUT2D eigenvalue weighted by molar-refractivity contribution is 14.1. The SMILES string of the molecule is O=C(O)c1cc(I)cn1-c1cc(F)c(F)c(F)c1. The van der Waals surface area contributed by atoms with Crippen molar-refractivity contribution in [3.05, 3.63) is 51.1 Å². The molecule has 1 aromatic heterocycles. The van der Waals surface area contributed by atoms with Gasteiger partial charge in [-0.15, -0.1) is 0 Å². The number of benzene rings is 1. The number of carbonyl (C=O) groups is 1. The number of aromatic carboxylic acids is 1. The lowest BCUT2D eigenvalue weighted by Crippen LogP contribution is -2.07. The van der Waals surface area contributed by atoms with Crippen LogP contribution in [0.5, 0.6) is 0 Å². The zero-order valence-electron chi connectivity index (χ0n) is 8.62. The fourth-order valence-corrected chi connectivity index (χ4v) is 2.06. The number of nitrogens with zero attached hydrogens (tertiary/aromatic N) is 1. The summed E-state index contributed by atoms with van der Waals surface area (Å²) in [5.74, 6) is -5.57. The van der Waals surface area contributed by atoms with Crippen molar-refractivity contribution in [2.45, 2.75) is 0 Å². The topological polar surface area (TPSA) is 42.2 Å². The molecule has 0 aliphatic rings. The smallest absolute Gasteiger partial charge is 0.352 e. The summed E-state index contributed by atoms with van der Waals surface area (Å²) >= 11 is 1.86. The molecule has 94 valence electrons. The minimum absolute atomic E-state index is 0.0910. The summed E-state index contributed by atoms with van der Waals surface area (Å²) in [6.45, 7) is 0. The van der Waals surface area contributed by atoms with Crippen LogP contribution in [0.25, 0.3) is 5.69 Å². The lowest BCUT2D eigenvalue weighted by Gasteiger charge is -2.07. The minimum atomic E-state index is -1.59. The number of rotatable bonds is 2. The molecule has 2 aromatic rings. The van der Waals surface area contributed by atoms with E-state index >= 15 is 0 Å². The molecule has 2 rings (SSSR count). The maximum atomic E-state index is 13.1. The first kappa shape index (κ1) is 12.9. The summed E-state index contributed by atoms with van der Waals surface area (Å²) in [4.78, 5) is 11.0. The molecule has 0 saturated heterocycles. The van der Waals surface area contributed by atoms with Gasteiger partial charge in [-0.25, -0.2) is 18.0 Å². The molecule has 1 aromatic carbocycles. The molecule has 1 N–H and O–H groups in total. The third-order valence-electron chi connectivity index (χ3n) is 2.25. The fourth-order valence-electron chi connectivity index (χ4n) is 1.49. The van der Waals surface area contributed by atoms with Crippen molar-refractivity contribution in [1.29, 1.82) is 0 Å². The molecule has 0 saturated carbocycles. The molecule has 0 radical (unpaired) electrons. The largest absolute Gasteiger partial charge is 0.477 e. The monoisotopic (exact) mass is 367 g/mol. The normalized spacial score (nSPS) is 10.7. The highest BCUT2D eigenvalue weighted by Gasteiger charge is 2.16. The lowest BCUT2D eigenvalue weighted by molar-refractivity contribution is 0.0688. The Balaban J connectivity index is 2.65. The van der Waals surface area contributed by atoms with Gasteiger partial charge in [0.1, 0.15) is 5.69 Å². The Kier molecular flexibility index (Phi) is 3.33. The predicted octanol–water partition coefficient (Wildman–Crippen LogP) is 3.20. The molecular weight excluding hydrogens is 362 g/mol. The third-order valence-corrected chi connectivity index (χ3v) is 2.84. The van der Waals surface area contributed by atoms with Gasteiger partial charge in [-0.05, 0) is 28.7 Å². The highest BCUT2D eigenvalue weighted by atomic mass is 127. The summed E-state index contributed by atoms with van der Waals surface area (Å²) in [6, 6.07) is 2.81. The second-order valence-electron chi connectivity index (χ2n) is 3.44. The van der Waals surface area contributed by atoms with Crippen LogP contribution in [0, 0.1) is 21.0 Å². The van der Waals surface area contributed by atoms with Crippen molar-refractivity contribution in [3.63, 3.8) is 0 Å². The molecule has 1 heterocycles. The van der Waals surface area contributed by atoms with Gasteiger partial charge < -0.3 is 9.67 Å². The number of hydrogen-bond acceptors (Lipinski definition) is 1. The number of carboxylic acids is 1. The zero-order chi connectivity index (χ0) is 13.4. The molecule has 0 spiro atoms. The van der Waals surface area contributed by atoms with Crippen molar-refractivity contribution >= 4 is 28.6 Å². The molecular formula is C11H5F3INO2. The van der Waals surface area contributed by atoms with Gasteiger partial charge in [-0.3, -0.25) is 0 Å². The second kappa shape index (κ2) is 4.63. The molecule has 0 amide bonds. The van der Waals surface area contributed by atoms with E-state index < -0.39 is 23.4 Å². The Labute approximate surface area is 113 Å². The Bertz CT molecular complexity index is 616. The first-order valence-electron chi connectivity index (χ1n) is 4.66. The minimum Gasteiger partial charge on any atom is -0.477 e. The molecule has 0 aliphatic carbocycles. The van der Waals surface area contributed by atoms with E-state index in [4.69, 9.17) is 5.11 Å². The average molecular weight is 367 g/mol. The van der Waals surface area contributed by atoms with Crippen molar-refractivity contribution in [2.75, 3.05) is 0 Å². The quantitative estimate of drug-likeness (QED) is 0.655. The first-order valence-corrected chi connectivity index (χ1v) is 5.74. The highest BCUT2D eigenvalue weighted by Crippen LogP contribution is 2.21. The van der Waals surface area contributed by atoms with Crippen molar-refractivity contribution in [3.8, 4) is 5.69 Å². The second-order valence-corrected chi connectivity index (χ2v) is 4.69. The van der Waals surface area contributed by atoms with Gasteiger partial charge in [0.15, 0.2) is 17.5 Å². The molecule has 18 heavy (non-hydrogen) atoms. The van der Waals surface area contributed by atoms with E-state index in [-0.39, 0.29) is 11.4 Å². The predicted molar refractivity (Wildman–Crippen MR) is 65.3 cm³/mol. The number of carboxylic acid groups (broad SMARTS) is 1. The van der Waals surface area contributed by atoms with Gasteiger partial charge in [0.05, 0.1) is 5.69 Å². The van der Waals surface area contributed by atoms with Crippen LogP contribution in [-0.4, -0.2) is 15.6 Å². The van der Waals surface area contributed by atoms with Crippen LogP contribution < -0.4 is 0 Å². The zero-order valence-corrected chi connectivity index (χ0v) is 10.8. The molecule has 0 fully saturated rings. The van der Waals surface area contributed by atoms with Gasteiger partial charge in [0, 0.05) is 21.9 Å². The third kappa shape index (κ3) is 2.22. The average Bonchev–Trinajstić information content (AvgIpc) is 2.67. The summed E-state index contributed by atoms with van der Waals surface area (Å²) in [6.07, 6.45) is 1.39. The van der Waals surface area contributed by atoms with E-state index in [1.54, 1.807) is 0 Å². The van der Waals surface area contributed by atoms with E-state index in [9.17, 15) is 18.0 Å². The van der Waals surface area contributed by atoms with Crippen LogP contribution in [0.3, 0.4) is 0 Å². The standard InChI is InChI=1S/C11H5F3INO2/c12-7-2-6(3-8(13)10(7)14)16-4-5(15)1-9(16)11(17)18/h1-4H,(H,17,18). The molecule has 3 nitrogen and oxygen atoms in total. The number of halogens is 4. The number of hydrogen-bond donors (Lipinski definition) is 1. The van der Waals surface area contributed by atoms with Gasteiger partial charge in [0.2, 0.25) is 0 Å². The summed E-state index contributed by atoms with van der Waals surface area (Å²) in [5.41, 5.74) is -0.253. The molecule has 0 bridgehead atoms. The van der Waals surface area contributed by atoms with Crippen molar-refractivity contribution < 1.29 is 23.1 Å². The van der Waals surface area contributed by atoms with Gasteiger partial charge in [-0.1, -0.05) is 0 Å². The molecule has 7 heteroatoms. The van der Waals surface area contributed by atoms with E-state index in [2.05, 4.69) is 0 Å². The van der Waals surface area contributed by atoms with Crippen LogP contribution >= 0.6 is 22.6 Å². The van der Waals surface area contributed by atoms with Crippen LogP contribution in [0.2, 0.25) is 0 Å². The Morgan fingerprint density at radius 1 is 1.17 bits per heavy atom. The van der Waals surface area contributed by atoms with E-state index in [1.165, 1.54) is 12.3 Å². The molecule has 0 aliphatic heterocycles. The van der Waals surface area contributed by atoms with E-state index in [0.29, 0.717) is 3.57 Å². The van der Waals surface area contributed by atoms with E-state index in [1.807, 2.05) is 22.6 Å². The van der Waals surface area contributed by atoms with Crippen LogP contribution in [-0.2, 0) is 0 Å². The van der Waals surface area contributed by atoms with Crippen LogP contribution in [0.15, 0.2) is 24.4 Å². The fraction of sp³-hybridized carbons (Fsp3) is 0. The summed E-state index contributed by atoms with van der Waals surface area (Å²) in [7, 11) is 0. The summed E-state index contributed by atoms with van der Waals surface area (Å²) in [5, 5.41) is 8.95. The summed E-state index contributed by atoms with van der Waals surface area (Å²) < 4.78 is 40.6. The van der Waals surface area contributed by atoms with E-state index in [0.717, 1.165) is 16.7 Å². The van der Waals surface area contributed by atoms with Gasteiger partial charge in [-0.2, -0.15) is 0 Å². The molecule has 0 unspecified atom stereocenters.